The third-order valence-corrected chi connectivity index (χ3v) is 3.63. The fourth-order valence-electron chi connectivity index (χ4n) is 2.31. The van der Waals surface area contributed by atoms with E-state index in [2.05, 4.69) is 23.7 Å². The number of hydrogen-bond donors (Lipinski definition) is 0. The molecule has 0 aliphatic carbocycles. The summed E-state index contributed by atoms with van der Waals surface area (Å²) in [6.07, 6.45) is 31.3. The lowest BCUT2D eigenvalue weighted by Gasteiger charge is -2.00. The van der Waals surface area contributed by atoms with Crippen LogP contribution >= 0.6 is 0 Å². The number of hydrogen-bond acceptors (Lipinski definition) is 0. The Balaban J connectivity index is 3.13. The molecule has 0 heteroatoms. The van der Waals surface area contributed by atoms with E-state index < -0.39 is 0 Å². The third-order valence-electron chi connectivity index (χ3n) is 3.63. The van der Waals surface area contributed by atoms with E-state index >= 15 is 0 Å². The normalized spacial score (nSPS) is 9.91. The first-order chi connectivity index (χ1) is 10.9. The molecule has 0 nitrogen and oxygen atoms in total. The lowest BCUT2D eigenvalue weighted by Crippen LogP contribution is -1.81. The molecule has 0 aromatic carbocycles. The van der Waals surface area contributed by atoms with Crippen molar-refractivity contribution in [2.75, 3.05) is 0 Å². The Labute approximate surface area is 139 Å². The zero-order chi connectivity index (χ0) is 16.1. The topological polar surface area (TPSA) is 0 Å². The highest BCUT2D eigenvalue weighted by molar-refractivity contribution is 5.08. The monoisotopic (exact) mass is 296 g/mol. The van der Waals surface area contributed by atoms with Crippen LogP contribution in [-0.4, -0.2) is 0 Å². The van der Waals surface area contributed by atoms with Gasteiger partial charge in [-0.1, -0.05) is 56.9 Å². The van der Waals surface area contributed by atoms with E-state index in [0.29, 0.717) is 0 Å². The molecule has 0 atom stereocenters. The Morgan fingerprint density at radius 1 is 0.591 bits per heavy atom. The molecule has 0 aliphatic heterocycles. The zero-order valence-electron chi connectivity index (χ0n) is 14.2. The molecule has 0 saturated heterocycles. The second-order valence-corrected chi connectivity index (χ2v) is 5.70. The Morgan fingerprint density at radius 2 is 1.09 bits per heavy atom. The van der Waals surface area contributed by atoms with E-state index in [1.165, 1.54) is 57.8 Å². The van der Waals surface area contributed by atoms with Gasteiger partial charge in [0.15, 0.2) is 0 Å². The first kappa shape index (κ1) is 20.4. The summed E-state index contributed by atoms with van der Waals surface area (Å²) in [7, 11) is 0. The smallest absolute Gasteiger partial charge is 0.00916 e. The van der Waals surface area contributed by atoms with Gasteiger partial charge in [-0.2, -0.15) is 0 Å². The molecule has 0 radical (unpaired) electrons. The molecule has 0 aliphatic rings. The number of terminal acetylenes is 2. The molecule has 0 bridgehead atoms. The van der Waals surface area contributed by atoms with Crippen molar-refractivity contribution < 1.29 is 0 Å². The second-order valence-electron chi connectivity index (χ2n) is 5.70. The van der Waals surface area contributed by atoms with Crippen LogP contribution in [-0.2, 0) is 0 Å². The molecule has 0 N–H and O–H groups in total. The minimum absolute atomic E-state index is 0.947. The van der Waals surface area contributed by atoms with Crippen molar-refractivity contribution in [3.05, 3.63) is 12.2 Å². The van der Waals surface area contributed by atoms with Crippen molar-refractivity contribution in [1.82, 2.24) is 0 Å². The molecule has 0 amide bonds. The molecule has 120 valence electrons. The molecule has 0 rings (SSSR count). The highest BCUT2D eigenvalue weighted by atomic mass is 14.0. The van der Waals surface area contributed by atoms with Crippen LogP contribution < -0.4 is 0 Å². The maximum atomic E-state index is 5.23. The summed E-state index contributed by atoms with van der Waals surface area (Å²) < 4.78 is 0. The number of unbranched alkanes of at least 4 members (excludes halogenated alkanes) is 12. The molecule has 0 aromatic rings. The summed E-state index contributed by atoms with van der Waals surface area (Å²) in [6.45, 7) is 0. The van der Waals surface area contributed by atoms with Gasteiger partial charge in [0.05, 0.1) is 0 Å². The number of rotatable bonds is 13. The van der Waals surface area contributed by atoms with Crippen LogP contribution in [0.15, 0.2) is 12.2 Å². The average molecular weight is 296 g/mol. The molecule has 22 heavy (non-hydrogen) atoms. The van der Waals surface area contributed by atoms with Gasteiger partial charge in [-0.15, -0.1) is 30.6 Å². The van der Waals surface area contributed by atoms with Crippen LogP contribution in [0.4, 0.5) is 0 Å². The quantitative estimate of drug-likeness (QED) is 0.277. The van der Waals surface area contributed by atoms with Crippen molar-refractivity contribution in [2.45, 2.75) is 89.9 Å². The van der Waals surface area contributed by atoms with E-state index in [1.807, 2.05) is 6.08 Å². The van der Waals surface area contributed by atoms with E-state index in [-0.39, 0.29) is 0 Å². The van der Waals surface area contributed by atoms with Gasteiger partial charge in [-0.3, -0.25) is 0 Å². The fourth-order valence-corrected chi connectivity index (χ4v) is 2.31. The van der Waals surface area contributed by atoms with Gasteiger partial charge in [-0.25, -0.2) is 0 Å². The number of allylic oxidation sites excluding steroid dienone is 2. The molecular weight excluding hydrogens is 264 g/mol. The zero-order valence-corrected chi connectivity index (χ0v) is 14.2. The van der Waals surface area contributed by atoms with Crippen LogP contribution in [0.25, 0.3) is 0 Å². The van der Waals surface area contributed by atoms with Crippen molar-refractivity contribution >= 4 is 0 Å². The van der Waals surface area contributed by atoms with Crippen molar-refractivity contribution in [3.63, 3.8) is 0 Å². The fraction of sp³-hybridized carbons (Fsp3) is 0.636. The van der Waals surface area contributed by atoms with Gasteiger partial charge >= 0.3 is 0 Å². The summed E-state index contributed by atoms with van der Waals surface area (Å²) in [6, 6.07) is 0. The molecule has 0 spiro atoms. The van der Waals surface area contributed by atoms with Gasteiger partial charge in [0.25, 0.3) is 0 Å². The van der Waals surface area contributed by atoms with E-state index in [1.54, 1.807) is 6.08 Å². The highest BCUT2D eigenvalue weighted by Crippen LogP contribution is 2.11. The maximum absolute atomic E-state index is 5.23. The minimum Gasteiger partial charge on any atom is -0.120 e. The van der Waals surface area contributed by atoms with Gasteiger partial charge < -0.3 is 0 Å². The summed E-state index contributed by atoms with van der Waals surface area (Å²) >= 11 is 0. The largest absolute Gasteiger partial charge is 0.120 e. The van der Waals surface area contributed by atoms with Crippen LogP contribution in [0.1, 0.15) is 89.9 Å². The molecule has 0 unspecified atom stereocenters. The van der Waals surface area contributed by atoms with E-state index in [4.69, 9.17) is 12.8 Å². The maximum Gasteiger partial charge on any atom is 0.00916 e. The molecule has 0 saturated carbocycles. The first-order valence-electron chi connectivity index (χ1n) is 8.92. The van der Waals surface area contributed by atoms with E-state index in [9.17, 15) is 0 Å². The van der Waals surface area contributed by atoms with E-state index in [0.717, 1.165) is 32.1 Å². The van der Waals surface area contributed by atoms with Gasteiger partial charge in [0.1, 0.15) is 0 Å². The van der Waals surface area contributed by atoms with Crippen LogP contribution in [0.3, 0.4) is 0 Å². The van der Waals surface area contributed by atoms with Crippen molar-refractivity contribution in [3.8, 4) is 36.5 Å². The predicted molar refractivity (Wildman–Crippen MR) is 99.2 cm³/mol. The van der Waals surface area contributed by atoms with Crippen molar-refractivity contribution in [2.24, 2.45) is 0 Å². The van der Waals surface area contributed by atoms with Gasteiger partial charge in [0.2, 0.25) is 0 Å². The Kier molecular flexibility index (Phi) is 18.0. The van der Waals surface area contributed by atoms with Crippen LogP contribution in [0, 0.1) is 36.5 Å². The van der Waals surface area contributed by atoms with Gasteiger partial charge in [0, 0.05) is 19.3 Å². The molecule has 0 heterocycles. The molecule has 0 aromatic heterocycles. The Bertz CT molecular complexity index is 388. The van der Waals surface area contributed by atoms with Gasteiger partial charge in [-0.05, 0) is 31.8 Å². The lowest BCUT2D eigenvalue weighted by atomic mass is 10.1. The molecule has 0 fully saturated rings. The average Bonchev–Trinajstić information content (AvgIpc) is 2.54. The highest BCUT2D eigenvalue weighted by Gasteiger charge is 1.92. The van der Waals surface area contributed by atoms with Crippen LogP contribution in [0.2, 0.25) is 0 Å². The first-order valence-corrected chi connectivity index (χ1v) is 8.92. The Morgan fingerprint density at radius 3 is 1.64 bits per heavy atom. The summed E-state index contributed by atoms with van der Waals surface area (Å²) in [4.78, 5) is 0. The Hall–Kier alpha value is -1.58. The second kappa shape index (κ2) is 19.4. The standard InChI is InChI=1S/C22H32/c1-3-5-7-9-11-13-15-17-19-21-22-20-18-16-14-12-10-8-6-4-2/h1-2,5,7H,6,8-14,16,18-22H2/b7-5+. The summed E-state index contributed by atoms with van der Waals surface area (Å²) in [5.74, 6) is 11.7. The van der Waals surface area contributed by atoms with Crippen LogP contribution in [0.5, 0.6) is 0 Å². The third kappa shape index (κ3) is 18.4. The van der Waals surface area contributed by atoms with Crippen molar-refractivity contribution in [1.29, 1.82) is 0 Å². The predicted octanol–water partition coefficient (Wildman–Crippen LogP) is 6.27. The lowest BCUT2D eigenvalue weighted by molar-refractivity contribution is 0.563. The minimum atomic E-state index is 0.947. The summed E-state index contributed by atoms with van der Waals surface area (Å²) in [5, 5.41) is 0. The SMILES string of the molecule is C#C/C=C/CCCC#CCCCCCCCCCCCC#C. The summed E-state index contributed by atoms with van der Waals surface area (Å²) in [5.41, 5.74) is 0. The molecular formula is C22H32.